The Morgan fingerprint density at radius 1 is 1.69 bits per heavy atom. The lowest BCUT2D eigenvalue weighted by molar-refractivity contribution is 1.29. The fraction of sp³-hybridized carbons (Fsp3) is 0.111. The molecule has 0 aliphatic carbocycles. The third-order valence-electron chi connectivity index (χ3n) is 1.34. The molecule has 0 aliphatic rings. The Morgan fingerprint density at radius 3 is 3.15 bits per heavy atom. The van der Waals surface area contributed by atoms with Gasteiger partial charge in [-0.3, -0.25) is 0 Å². The lowest BCUT2D eigenvalue weighted by Crippen LogP contribution is -1.80. The first kappa shape index (κ1) is 10.2. The summed E-state index contributed by atoms with van der Waals surface area (Å²) in [6.45, 7) is 0. The molecule has 0 aromatic carbocycles. The van der Waals surface area contributed by atoms with Gasteiger partial charge < -0.3 is 0 Å². The number of hydrogen-bond donors (Lipinski definition) is 0. The van der Waals surface area contributed by atoms with Crippen molar-refractivity contribution in [1.29, 1.82) is 5.26 Å². The predicted octanol–water partition coefficient (Wildman–Crippen LogP) is 3.42. The molecule has 13 heavy (non-hydrogen) atoms. The number of nitrogens with zero attached hydrogens (tertiary/aromatic N) is 2. The fourth-order valence-electron chi connectivity index (χ4n) is 0.794. The molecule has 0 unspecified atom stereocenters. The van der Waals surface area contributed by atoms with Crippen molar-refractivity contribution in [1.82, 2.24) is 4.98 Å². The number of rotatable bonds is 2. The third kappa shape index (κ3) is 3.17. The maximum absolute atomic E-state index is 8.31. The summed E-state index contributed by atoms with van der Waals surface area (Å²) in [6.07, 6.45) is 5.53. The molecule has 0 N–H and O–H groups in total. The second kappa shape index (κ2) is 5.00. The van der Waals surface area contributed by atoms with Crippen molar-refractivity contribution in [3.63, 3.8) is 0 Å². The smallest absolute Gasteiger partial charge is 0.136 e. The van der Waals surface area contributed by atoms with Gasteiger partial charge in [0.2, 0.25) is 0 Å². The highest BCUT2D eigenvalue weighted by atomic mass is 79.9. The Bertz CT molecular complexity index is 368. The zero-order chi connectivity index (χ0) is 9.68. The van der Waals surface area contributed by atoms with Crippen LogP contribution in [0, 0.1) is 11.3 Å². The molecule has 0 saturated carbocycles. The van der Waals surface area contributed by atoms with Gasteiger partial charge in [0.1, 0.15) is 5.15 Å². The second-order valence-corrected chi connectivity index (χ2v) is 3.57. The van der Waals surface area contributed by atoms with E-state index in [4.69, 9.17) is 16.9 Å². The molecule has 0 aliphatic heterocycles. The summed E-state index contributed by atoms with van der Waals surface area (Å²) in [7, 11) is 0. The minimum absolute atomic E-state index is 0.378. The van der Waals surface area contributed by atoms with E-state index in [2.05, 4.69) is 20.9 Å². The first-order valence-electron chi connectivity index (χ1n) is 3.58. The van der Waals surface area contributed by atoms with E-state index in [9.17, 15) is 0 Å². The third-order valence-corrected chi connectivity index (χ3v) is 2.09. The van der Waals surface area contributed by atoms with Gasteiger partial charge in [0, 0.05) is 16.2 Å². The van der Waals surface area contributed by atoms with E-state index in [1.165, 1.54) is 0 Å². The molecule has 0 saturated heterocycles. The molecular formula is C9H6BrClN2. The highest BCUT2D eigenvalue weighted by Crippen LogP contribution is 2.19. The van der Waals surface area contributed by atoms with Crippen molar-refractivity contribution < 1.29 is 0 Å². The monoisotopic (exact) mass is 256 g/mol. The topological polar surface area (TPSA) is 36.7 Å². The highest BCUT2D eigenvalue weighted by molar-refractivity contribution is 9.10. The van der Waals surface area contributed by atoms with E-state index in [0.29, 0.717) is 11.6 Å². The molecule has 0 amide bonds. The van der Waals surface area contributed by atoms with Crippen LogP contribution in [0.3, 0.4) is 0 Å². The van der Waals surface area contributed by atoms with Gasteiger partial charge in [-0.15, -0.1) is 0 Å². The molecule has 66 valence electrons. The standard InChI is InChI=1S/C9H6BrClN2/c10-8-5-7(3-1-2-4-12)9(11)13-6-8/h1,3,5-6H,2H2. The van der Waals surface area contributed by atoms with E-state index in [1.807, 2.05) is 12.1 Å². The number of allylic oxidation sites excluding steroid dienone is 1. The molecule has 1 rings (SSSR count). The van der Waals surface area contributed by atoms with Gasteiger partial charge in [-0.05, 0) is 22.0 Å². The van der Waals surface area contributed by atoms with Crippen molar-refractivity contribution in [2.45, 2.75) is 6.42 Å². The lowest BCUT2D eigenvalue weighted by Gasteiger charge is -1.96. The van der Waals surface area contributed by atoms with Crippen molar-refractivity contribution in [2.75, 3.05) is 0 Å². The maximum atomic E-state index is 8.31. The molecule has 0 spiro atoms. The number of nitriles is 1. The molecule has 1 aromatic rings. The van der Waals surface area contributed by atoms with Crippen LogP contribution in [0.4, 0.5) is 0 Å². The Morgan fingerprint density at radius 2 is 2.46 bits per heavy atom. The van der Waals surface area contributed by atoms with Gasteiger partial charge >= 0.3 is 0 Å². The molecular weight excluding hydrogens is 251 g/mol. The molecule has 1 aromatic heterocycles. The quantitative estimate of drug-likeness (QED) is 0.761. The zero-order valence-corrected chi connectivity index (χ0v) is 9.01. The van der Waals surface area contributed by atoms with Crippen LogP contribution in [0.5, 0.6) is 0 Å². The van der Waals surface area contributed by atoms with Crippen LogP contribution in [0.15, 0.2) is 22.8 Å². The second-order valence-electron chi connectivity index (χ2n) is 2.30. The normalized spacial score (nSPS) is 10.2. The fourth-order valence-corrected chi connectivity index (χ4v) is 1.31. The lowest BCUT2D eigenvalue weighted by atomic mass is 10.2. The van der Waals surface area contributed by atoms with E-state index >= 15 is 0 Å². The largest absolute Gasteiger partial charge is 0.243 e. The van der Waals surface area contributed by atoms with Crippen LogP contribution >= 0.6 is 27.5 Å². The Kier molecular flexibility index (Phi) is 3.94. The van der Waals surface area contributed by atoms with Crippen LogP contribution in [0.2, 0.25) is 5.15 Å². The summed E-state index contributed by atoms with van der Waals surface area (Å²) in [5.74, 6) is 0. The Labute approximate surface area is 90.0 Å². The van der Waals surface area contributed by atoms with Crippen molar-refractivity contribution in [2.24, 2.45) is 0 Å². The molecule has 0 radical (unpaired) electrons. The van der Waals surface area contributed by atoms with Crippen molar-refractivity contribution in [3.05, 3.63) is 33.5 Å². The number of pyridine rings is 1. The van der Waals surface area contributed by atoms with E-state index < -0.39 is 0 Å². The van der Waals surface area contributed by atoms with Gasteiger partial charge in [0.05, 0.1) is 12.5 Å². The van der Waals surface area contributed by atoms with Crippen molar-refractivity contribution in [3.8, 4) is 6.07 Å². The van der Waals surface area contributed by atoms with Gasteiger partial charge in [-0.2, -0.15) is 5.26 Å². The molecule has 2 nitrogen and oxygen atoms in total. The van der Waals surface area contributed by atoms with Crippen LogP contribution < -0.4 is 0 Å². The minimum Gasteiger partial charge on any atom is -0.243 e. The van der Waals surface area contributed by atoms with Crippen molar-refractivity contribution >= 4 is 33.6 Å². The average Bonchev–Trinajstić information content (AvgIpc) is 2.11. The first-order chi connectivity index (χ1) is 6.24. The van der Waals surface area contributed by atoms with E-state index in [0.717, 1.165) is 10.0 Å². The number of hydrogen-bond acceptors (Lipinski definition) is 2. The van der Waals surface area contributed by atoms with Crippen LogP contribution in [0.1, 0.15) is 12.0 Å². The molecule has 1 heterocycles. The van der Waals surface area contributed by atoms with Crippen LogP contribution in [-0.2, 0) is 0 Å². The molecule has 0 bridgehead atoms. The average molecular weight is 258 g/mol. The van der Waals surface area contributed by atoms with Gasteiger partial charge in [0.15, 0.2) is 0 Å². The SMILES string of the molecule is N#CCC=Cc1cc(Br)cnc1Cl. The highest BCUT2D eigenvalue weighted by Gasteiger charge is 1.97. The molecule has 4 heteroatoms. The Hall–Kier alpha value is -0.850. The van der Waals surface area contributed by atoms with Gasteiger partial charge in [-0.25, -0.2) is 4.98 Å². The number of aromatic nitrogens is 1. The summed E-state index contributed by atoms with van der Waals surface area (Å²) in [5, 5.41) is 8.75. The predicted molar refractivity (Wildman–Crippen MR) is 56.2 cm³/mol. The number of halogens is 2. The van der Waals surface area contributed by atoms with Gasteiger partial charge in [0.25, 0.3) is 0 Å². The summed E-state index contributed by atoms with van der Waals surface area (Å²) in [4.78, 5) is 3.94. The summed E-state index contributed by atoms with van der Waals surface area (Å²) in [5.41, 5.74) is 0.811. The first-order valence-corrected chi connectivity index (χ1v) is 4.75. The summed E-state index contributed by atoms with van der Waals surface area (Å²) >= 11 is 9.09. The maximum Gasteiger partial charge on any atom is 0.136 e. The minimum atomic E-state index is 0.378. The van der Waals surface area contributed by atoms with Gasteiger partial charge in [-0.1, -0.05) is 23.8 Å². The summed E-state index contributed by atoms with van der Waals surface area (Å²) < 4.78 is 0.869. The zero-order valence-electron chi connectivity index (χ0n) is 6.67. The summed E-state index contributed by atoms with van der Waals surface area (Å²) in [6, 6.07) is 3.86. The van der Waals surface area contributed by atoms with Crippen LogP contribution in [-0.4, -0.2) is 4.98 Å². The molecule has 0 atom stereocenters. The van der Waals surface area contributed by atoms with E-state index in [1.54, 1.807) is 18.3 Å². The van der Waals surface area contributed by atoms with E-state index in [-0.39, 0.29) is 0 Å². The Balaban J connectivity index is 2.88. The van der Waals surface area contributed by atoms with Crippen LogP contribution in [0.25, 0.3) is 6.08 Å². The molecule has 0 fully saturated rings.